The van der Waals surface area contributed by atoms with Gasteiger partial charge in [0, 0.05) is 5.92 Å². The number of hydrogen-bond acceptors (Lipinski definition) is 3. The molecule has 1 heterocycles. The third-order valence-electron chi connectivity index (χ3n) is 3.11. The zero-order chi connectivity index (χ0) is 12.8. The molecule has 0 bridgehead atoms. The van der Waals surface area contributed by atoms with Crippen molar-refractivity contribution in [2.45, 2.75) is 43.6 Å². The lowest BCUT2D eigenvalue weighted by molar-refractivity contribution is 0.0652. The maximum atomic E-state index is 12.0. The number of rotatable bonds is 2. The van der Waals surface area contributed by atoms with E-state index in [9.17, 15) is 13.5 Å². The van der Waals surface area contributed by atoms with Gasteiger partial charge in [0.2, 0.25) is 0 Å². The van der Waals surface area contributed by atoms with E-state index in [1.165, 1.54) is 0 Å². The topological polar surface area (TPSA) is 54.4 Å². The normalized spacial score (nSPS) is 22.5. The average molecular weight is 254 g/mol. The van der Waals surface area contributed by atoms with Crippen LogP contribution in [0.4, 0.5) is 0 Å². The maximum Gasteiger partial charge on any atom is 0.179 e. The Hall–Kier alpha value is -0.870. The van der Waals surface area contributed by atoms with Crippen LogP contribution in [-0.2, 0) is 9.84 Å². The van der Waals surface area contributed by atoms with Crippen molar-refractivity contribution in [2.75, 3.05) is 5.75 Å². The highest BCUT2D eigenvalue weighted by Crippen LogP contribution is 2.39. The van der Waals surface area contributed by atoms with Gasteiger partial charge < -0.3 is 5.11 Å². The third-order valence-corrected chi connectivity index (χ3v) is 4.99. The summed E-state index contributed by atoms with van der Waals surface area (Å²) in [6.45, 7) is 5.38. The first kappa shape index (κ1) is 12.6. The van der Waals surface area contributed by atoms with Crippen molar-refractivity contribution in [3.8, 4) is 0 Å². The fourth-order valence-corrected chi connectivity index (χ4v) is 4.35. The molecular weight excluding hydrogens is 236 g/mol. The van der Waals surface area contributed by atoms with Crippen LogP contribution in [0.3, 0.4) is 0 Å². The van der Waals surface area contributed by atoms with E-state index in [-0.39, 0.29) is 11.7 Å². The van der Waals surface area contributed by atoms with Crippen LogP contribution in [-0.4, -0.2) is 24.9 Å². The van der Waals surface area contributed by atoms with E-state index in [0.29, 0.717) is 11.3 Å². The van der Waals surface area contributed by atoms with Gasteiger partial charge in [-0.05, 0) is 38.8 Å². The molecule has 1 N–H and O–H groups in total. The fraction of sp³-hybridized carbons (Fsp3) is 0.538. The number of aliphatic hydroxyl groups is 1. The van der Waals surface area contributed by atoms with Crippen molar-refractivity contribution < 1.29 is 13.5 Å². The first-order chi connectivity index (χ1) is 7.69. The standard InChI is InChI=1S/C13H18O3S/c1-9-4-5-12-11(6-9)10(7-13(2,3)14)8-17(12,15)16/h4-6,10,14H,7-8H2,1-3H3. The van der Waals surface area contributed by atoms with Crippen LogP contribution in [0.25, 0.3) is 0 Å². The van der Waals surface area contributed by atoms with Crippen molar-refractivity contribution in [3.63, 3.8) is 0 Å². The predicted molar refractivity (Wildman–Crippen MR) is 66.9 cm³/mol. The van der Waals surface area contributed by atoms with Crippen molar-refractivity contribution in [1.29, 1.82) is 0 Å². The van der Waals surface area contributed by atoms with Crippen LogP contribution in [0.5, 0.6) is 0 Å². The smallest absolute Gasteiger partial charge is 0.179 e. The summed E-state index contributed by atoms with van der Waals surface area (Å²) in [6, 6.07) is 5.43. The quantitative estimate of drug-likeness (QED) is 0.878. The second-order valence-electron chi connectivity index (χ2n) is 5.54. The molecule has 0 aromatic heterocycles. The molecule has 3 nitrogen and oxygen atoms in total. The van der Waals surface area contributed by atoms with Gasteiger partial charge in [-0.3, -0.25) is 0 Å². The van der Waals surface area contributed by atoms with E-state index >= 15 is 0 Å². The third kappa shape index (κ3) is 2.53. The van der Waals surface area contributed by atoms with Crippen LogP contribution in [0.15, 0.2) is 23.1 Å². The molecule has 0 fully saturated rings. The van der Waals surface area contributed by atoms with Gasteiger partial charge in [-0.15, -0.1) is 0 Å². The van der Waals surface area contributed by atoms with Crippen molar-refractivity contribution in [2.24, 2.45) is 0 Å². The molecule has 0 aliphatic carbocycles. The molecule has 94 valence electrons. The lowest BCUT2D eigenvalue weighted by Crippen LogP contribution is -2.23. The minimum atomic E-state index is -3.16. The summed E-state index contributed by atoms with van der Waals surface area (Å²) in [5.41, 5.74) is 1.08. The molecule has 1 atom stereocenters. The van der Waals surface area contributed by atoms with E-state index in [1.807, 2.05) is 19.1 Å². The highest BCUT2D eigenvalue weighted by Gasteiger charge is 2.36. The molecule has 1 unspecified atom stereocenters. The zero-order valence-corrected chi connectivity index (χ0v) is 11.2. The Labute approximate surface area is 102 Å². The van der Waals surface area contributed by atoms with Crippen LogP contribution in [0.2, 0.25) is 0 Å². The van der Waals surface area contributed by atoms with E-state index in [4.69, 9.17) is 0 Å². The van der Waals surface area contributed by atoms with Gasteiger partial charge in [0.25, 0.3) is 0 Å². The molecule has 4 heteroatoms. The molecule has 17 heavy (non-hydrogen) atoms. The molecule has 2 rings (SSSR count). The summed E-state index contributed by atoms with van der Waals surface area (Å²) in [5.74, 6) is 0.0328. The Morgan fingerprint density at radius 2 is 2.06 bits per heavy atom. The van der Waals surface area contributed by atoms with Gasteiger partial charge in [0.05, 0.1) is 16.2 Å². The van der Waals surface area contributed by atoms with E-state index in [0.717, 1.165) is 11.1 Å². The van der Waals surface area contributed by atoms with Crippen LogP contribution >= 0.6 is 0 Å². The van der Waals surface area contributed by atoms with Crippen LogP contribution in [0.1, 0.15) is 37.3 Å². The molecule has 0 amide bonds. The summed E-state index contributed by atoms with van der Waals surface area (Å²) < 4.78 is 24.0. The number of hydrogen-bond donors (Lipinski definition) is 1. The molecule has 1 aliphatic rings. The first-order valence-electron chi connectivity index (χ1n) is 5.75. The Balaban J connectivity index is 2.47. The molecule has 1 aliphatic heterocycles. The molecule has 0 spiro atoms. The SMILES string of the molecule is Cc1ccc2c(c1)C(CC(C)(C)O)CS2(=O)=O. The molecular formula is C13H18O3S. The highest BCUT2D eigenvalue weighted by molar-refractivity contribution is 7.91. The lowest BCUT2D eigenvalue weighted by atomic mass is 9.89. The highest BCUT2D eigenvalue weighted by atomic mass is 32.2. The number of fused-ring (bicyclic) bond motifs is 1. The average Bonchev–Trinajstić information content (AvgIpc) is 2.35. The Morgan fingerprint density at radius 1 is 1.41 bits per heavy atom. The second-order valence-corrected chi connectivity index (χ2v) is 7.54. The molecule has 1 aromatic carbocycles. The number of benzene rings is 1. The summed E-state index contributed by atoms with van der Waals surface area (Å²) in [7, 11) is -3.16. The predicted octanol–water partition coefficient (Wildman–Crippen LogP) is 2.03. The van der Waals surface area contributed by atoms with E-state index in [1.54, 1.807) is 19.9 Å². The van der Waals surface area contributed by atoms with Crippen molar-refractivity contribution in [1.82, 2.24) is 0 Å². The van der Waals surface area contributed by atoms with E-state index in [2.05, 4.69) is 0 Å². The number of aryl methyl sites for hydroxylation is 1. The minimum Gasteiger partial charge on any atom is -0.390 e. The number of sulfone groups is 1. The van der Waals surface area contributed by atoms with Gasteiger partial charge in [0.15, 0.2) is 9.84 Å². The van der Waals surface area contributed by atoms with Crippen molar-refractivity contribution in [3.05, 3.63) is 29.3 Å². The van der Waals surface area contributed by atoms with Gasteiger partial charge >= 0.3 is 0 Å². The summed E-state index contributed by atoms with van der Waals surface area (Å²) in [6.07, 6.45) is 0.475. The van der Waals surface area contributed by atoms with Gasteiger partial charge in [-0.25, -0.2) is 8.42 Å². The Morgan fingerprint density at radius 3 is 2.65 bits per heavy atom. The monoisotopic (exact) mass is 254 g/mol. The minimum absolute atomic E-state index is 0.0881. The molecule has 0 radical (unpaired) electrons. The largest absolute Gasteiger partial charge is 0.390 e. The van der Waals surface area contributed by atoms with Crippen LogP contribution < -0.4 is 0 Å². The zero-order valence-electron chi connectivity index (χ0n) is 10.4. The van der Waals surface area contributed by atoms with Crippen molar-refractivity contribution >= 4 is 9.84 Å². The Kier molecular flexibility index (Phi) is 2.83. The van der Waals surface area contributed by atoms with Gasteiger partial charge in [-0.2, -0.15) is 0 Å². The molecule has 0 saturated heterocycles. The van der Waals surface area contributed by atoms with Gasteiger partial charge in [-0.1, -0.05) is 17.7 Å². The lowest BCUT2D eigenvalue weighted by Gasteiger charge is -2.21. The Bertz CT molecular complexity index is 538. The summed E-state index contributed by atoms with van der Waals surface area (Å²) in [5, 5.41) is 9.85. The fourth-order valence-electron chi connectivity index (χ4n) is 2.49. The van der Waals surface area contributed by atoms with Gasteiger partial charge in [0.1, 0.15) is 0 Å². The summed E-state index contributed by atoms with van der Waals surface area (Å²) >= 11 is 0. The second kappa shape index (κ2) is 3.82. The van der Waals surface area contributed by atoms with Crippen LogP contribution in [0, 0.1) is 6.92 Å². The summed E-state index contributed by atoms with van der Waals surface area (Å²) in [4.78, 5) is 0.442. The molecule has 0 saturated carbocycles. The molecule has 1 aromatic rings. The maximum absolute atomic E-state index is 12.0. The van der Waals surface area contributed by atoms with E-state index < -0.39 is 15.4 Å². The first-order valence-corrected chi connectivity index (χ1v) is 7.40.